The summed E-state index contributed by atoms with van der Waals surface area (Å²) in [5.41, 5.74) is 0.881. The summed E-state index contributed by atoms with van der Waals surface area (Å²) in [6.07, 6.45) is -0.334. The number of halogens is 2. The number of benzene rings is 2. The van der Waals surface area contributed by atoms with Crippen LogP contribution < -0.4 is 5.32 Å². The molecule has 2 aromatic rings. The van der Waals surface area contributed by atoms with Crippen LogP contribution in [0.1, 0.15) is 22.8 Å². The second-order valence-electron chi connectivity index (χ2n) is 5.20. The lowest BCUT2D eigenvalue weighted by molar-refractivity contribution is -0.129. The topological polar surface area (TPSA) is 55.4 Å². The molecule has 0 saturated carbocycles. The molecular formula is C18H17BrFNO3. The Balaban J connectivity index is 1.84. The maximum Gasteiger partial charge on any atom is 0.341 e. The van der Waals surface area contributed by atoms with Gasteiger partial charge in [0, 0.05) is 11.0 Å². The van der Waals surface area contributed by atoms with Crippen molar-refractivity contribution in [3.05, 3.63) is 69.9 Å². The van der Waals surface area contributed by atoms with Gasteiger partial charge >= 0.3 is 5.97 Å². The lowest BCUT2D eigenvalue weighted by Crippen LogP contribution is -2.37. The van der Waals surface area contributed by atoms with E-state index in [4.69, 9.17) is 4.74 Å². The van der Waals surface area contributed by atoms with Gasteiger partial charge in [-0.1, -0.05) is 46.3 Å². The summed E-state index contributed by atoms with van der Waals surface area (Å²) in [6, 6.07) is 13.7. The van der Waals surface area contributed by atoms with Crippen LogP contribution in [0.25, 0.3) is 0 Å². The maximum atomic E-state index is 13.6. The SMILES string of the molecule is C[C@@H](OC(=O)c1cc(Br)ccc1F)C(=O)NCCc1ccccc1. The summed E-state index contributed by atoms with van der Waals surface area (Å²) in [7, 11) is 0. The number of hydrogen-bond acceptors (Lipinski definition) is 3. The quantitative estimate of drug-likeness (QED) is 0.764. The van der Waals surface area contributed by atoms with Crippen LogP contribution in [-0.2, 0) is 16.0 Å². The summed E-state index contributed by atoms with van der Waals surface area (Å²) < 4.78 is 19.2. The molecule has 2 rings (SSSR count). The average Bonchev–Trinajstić information content (AvgIpc) is 2.57. The Kier molecular flexibility index (Phi) is 6.49. The van der Waals surface area contributed by atoms with Crippen molar-refractivity contribution in [1.29, 1.82) is 0 Å². The highest BCUT2D eigenvalue weighted by atomic mass is 79.9. The third-order valence-corrected chi connectivity index (χ3v) is 3.85. The Bertz CT molecular complexity index is 721. The molecule has 4 nitrogen and oxygen atoms in total. The van der Waals surface area contributed by atoms with Gasteiger partial charge in [0.1, 0.15) is 5.82 Å². The molecule has 0 heterocycles. The highest BCUT2D eigenvalue weighted by Gasteiger charge is 2.21. The van der Waals surface area contributed by atoms with Crippen LogP contribution in [0.15, 0.2) is 53.0 Å². The largest absolute Gasteiger partial charge is 0.449 e. The number of amides is 1. The number of carbonyl (C=O) groups excluding carboxylic acids is 2. The fourth-order valence-corrected chi connectivity index (χ4v) is 2.41. The van der Waals surface area contributed by atoms with Crippen molar-refractivity contribution >= 4 is 27.8 Å². The van der Waals surface area contributed by atoms with Crippen molar-refractivity contribution in [2.24, 2.45) is 0 Å². The van der Waals surface area contributed by atoms with Crippen molar-refractivity contribution in [3.63, 3.8) is 0 Å². The van der Waals surface area contributed by atoms with E-state index in [9.17, 15) is 14.0 Å². The van der Waals surface area contributed by atoms with Gasteiger partial charge in [-0.3, -0.25) is 4.79 Å². The lowest BCUT2D eigenvalue weighted by Gasteiger charge is -2.14. The summed E-state index contributed by atoms with van der Waals surface area (Å²) in [5, 5.41) is 2.69. The third-order valence-electron chi connectivity index (χ3n) is 3.36. The van der Waals surface area contributed by atoms with Gasteiger partial charge in [0.2, 0.25) is 0 Å². The fraction of sp³-hybridized carbons (Fsp3) is 0.222. The summed E-state index contributed by atoms with van der Waals surface area (Å²) in [6.45, 7) is 1.88. The molecule has 0 saturated heterocycles. The van der Waals surface area contributed by atoms with Gasteiger partial charge in [-0.15, -0.1) is 0 Å². The fourth-order valence-electron chi connectivity index (χ4n) is 2.05. The van der Waals surface area contributed by atoms with Crippen molar-refractivity contribution in [3.8, 4) is 0 Å². The molecule has 0 aliphatic carbocycles. The smallest absolute Gasteiger partial charge is 0.341 e. The predicted molar refractivity (Wildman–Crippen MR) is 92.1 cm³/mol. The Hall–Kier alpha value is -2.21. The Labute approximate surface area is 148 Å². The molecule has 0 aliphatic heterocycles. The lowest BCUT2D eigenvalue weighted by atomic mass is 10.1. The molecule has 1 amide bonds. The van der Waals surface area contributed by atoms with Crippen molar-refractivity contribution < 1.29 is 18.7 Å². The molecule has 0 aliphatic rings. The third kappa shape index (κ3) is 5.16. The second-order valence-corrected chi connectivity index (χ2v) is 6.11. The Morgan fingerprint density at radius 2 is 1.92 bits per heavy atom. The number of carbonyl (C=O) groups is 2. The van der Waals surface area contributed by atoms with E-state index >= 15 is 0 Å². The molecule has 2 aromatic carbocycles. The Morgan fingerprint density at radius 1 is 1.21 bits per heavy atom. The molecule has 0 radical (unpaired) electrons. The minimum absolute atomic E-state index is 0.215. The maximum absolute atomic E-state index is 13.6. The number of esters is 1. The van der Waals surface area contributed by atoms with E-state index in [1.165, 1.54) is 19.1 Å². The predicted octanol–water partition coefficient (Wildman–Crippen LogP) is 3.49. The molecule has 0 spiro atoms. The first-order valence-electron chi connectivity index (χ1n) is 7.45. The number of ether oxygens (including phenoxy) is 1. The molecule has 24 heavy (non-hydrogen) atoms. The molecule has 0 fully saturated rings. The molecule has 1 N–H and O–H groups in total. The Morgan fingerprint density at radius 3 is 2.62 bits per heavy atom. The van der Waals surface area contributed by atoms with Gasteiger partial charge in [0.05, 0.1) is 5.56 Å². The first-order chi connectivity index (χ1) is 11.5. The van der Waals surface area contributed by atoms with Gasteiger partial charge in [-0.25, -0.2) is 9.18 Å². The molecule has 0 unspecified atom stereocenters. The van der Waals surface area contributed by atoms with Crippen molar-refractivity contribution in [2.75, 3.05) is 6.54 Å². The van der Waals surface area contributed by atoms with Gasteiger partial charge in [-0.05, 0) is 37.1 Å². The van der Waals surface area contributed by atoms with Crippen LogP contribution in [0.2, 0.25) is 0 Å². The minimum Gasteiger partial charge on any atom is -0.449 e. The number of hydrogen-bond donors (Lipinski definition) is 1. The first kappa shape index (κ1) is 18.1. The standard InChI is InChI=1S/C18H17BrFNO3/c1-12(17(22)21-10-9-13-5-3-2-4-6-13)24-18(23)15-11-14(19)7-8-16(15)20/h2-8,11-12H,9-10H2,1H3,(H,21,22)/t12-/m1/s1. The van der Waals surface area contributed by atoms with E-state index in [1.54, 1.807) is 0 Å². The monoisotopic (exact) mass is 393 g/mol. The molecule has 0 aromatic heterocycles. The van der Waals surface area contributed by atoms with E-state index in [0.29, 0.717) is 17.4 Å². The molecular weight excluding hydrogens is 377 g/mol. The summed E-state index contributed by atoms with van der Waals surface area (Å²) in [5.74, 6) is -1.99. The van der Waals surface area contributed by atoms with Gasteiger partial charge in [-0.2, -0.15) is 0 Å². The van der Waals surface area contributed by atoms with E-state index in [1.807, 2.05) is 30.3 Å². The van der Waals surface area contributed by atoms with E-state index in [2.05, 4.69) is 21.2 Å². The first-order valence-corrected chi connectivity index (χ1v) is 8.24. The zero-order chi connectivity index (χ0) is 17.5. The van der Waals surface area contributed by atoms with Crippen LogP contribution in [0, 0.1) is 5.82 Å². The van der Waals surface area contributed by atoms with Crippen LogP contribution in [-0.4, -0.2) is 24.5 Å². The normalized spacial score (nSPS) is 11.6. The average molecular weight is 394 g/mol. The molecule has 1 atom stereocenters. The van der Waals surface area contributed by atoms with E-state index in [0.717, 1.165) is 11.6 Å². The minimum atomic E-state index is -1.01. The molecule has 126 valence electrons. The van der Waals surface area contributed by atoms with Gasteiger partial charge in [0.15, 0.2) is 6.10 Å². The van der Waals surface area contributed by atoms with Crippen LogP contribution in [0.3, 0.4) is 0 Å². The van der Waals surface area contributed by atoms with E-state index in [-0.39, 0.29) is 5.56 Å². The van der Waals surface area contributed by atoms with Crippen molar-refractivity contribution in [1.82, 2.24) is 5.32 Å². The van der Waals surface area contributed by atoms with Gasteiger partial charge < -0.3 is 10.1 Å². The van der Waals surface area contributed by atoms with Crippen LogP contribution in [0.5, 0.6) is 0 Å². The molecule has 6 heteroatoms. The summed E-state index contributed by atoms with van der Waals surface area (Å²) >= 11 is 3.16. The van der Waals surface area contributed by atoms with Crippen LogP contribution >= 0.6 is 15.9 Å². The van der Waals surface area contributed by atoms with Crippen molar-refractivity contribution in [2.45, 2.75) is 19.4 Å². The second kappa shape index (κ2) is 8.59. The molecule has 0 bridgehead atoms. The highest BCUT2D eigenvalue weighted by molar-refractivity contribution is 9.10. The number of rotatable bonds is 6. The zero-order valence-electron chi connectivity index (χ0n) is 13.1. The van der Waals surface area contributed by atoms with E-state index < -0.39 is 23.8 Å². The van der Waals surface area contributed by atoms with Crippen LogP contribution in [0.4, 0.5) is 4.39 Å². The highest BCUT2D eigenvalue weighted by Crippen LogP contribution is 2.17. The van der Waals surface area contributed by atoms with Gasteiger partial charge in [0.25, 0.3) is 5.91 Å². The number of nitrogens with one attached hydrogen (secondary N) is 1. The zero-order valence-corrected chi connectivity index (χ0v) is 14.7. The summed E-state index contributed by atoms with van der Waals surface area (Å²) in [4.78, 5) is 23.9.